The van der Waals surface area contributed by atoms with E-state index < -0.39 is 0 Å². The second kappa shape index (κ2) is 14.2. The van der Waals surface area contributed by atoms with Crippen molar-refractivity contribution in [3.8, 4) is 0 Å². The molecular formula is C21H37IN4O. The van der Waals surface area contributed by atoms with Crippen LogP contribution in [0.1, 0.15) is 44.2 Å². The van der Waals surface area contributed by atoms with Gasteiger partial charge in [-0.1, -0.05) is 31.2 Å². The van der Waals surface area contributed by atoms with Crippen molar-refractivity contribution in [1.29, 1.82) is 0 Å². The number of hydrogen-bond donors (Lipinski definition) is 2. The van der Waals surface area contributed by atoms with Crippen LogP contribution >= 0.6 is 24.0 Å². The minimum absolute atomic E-state index is 0. The Hall–Kier alpha value is -0.860. The Balaban J connectivity index is 0.00000364. The summed E-state index contributed by atoms with van der Waals surface area (Å²) in [6.45, 7) is 11.3. The maximum Gasteiger partial charge on any atom is 0.191 e. The number of hydrogen-bond acceptors (Lipinski definition) is 3. The summed E-state index contributed by atoms with van der Waals surface area (Å²) in [6.07, 6.45) is 3.85. The molecule has 0 atom stereocenters. The summed E-state index contributed by atoms with van der Waals surface area (Å²) >= 11 is 0. The molecule has 2 rings (SSSR count). The summed E-state index contributed by atoms with van der Waals surface area (Å²) in [5.41, 5.74) is 2.40. The smallest absolute Gasteiger partial charge is 0.191 e. The number of guanidine groups is 1. The zero-order valence-electron chi connectivity index (χ0n) is 17.2. The summed E-state index contributed by atoms with van der Waals surface area (Å²) < 4.78 is 5.20. The highest BCUT2D eigenvalue weighted by Gasteiger charge is 2.14. The van der Waals surface area contributed by atoms with E-state index in [1.807, 2.05) is 0 Å². The number of aliphatic imine (C=N–C) groups is 1. The van der Waals surface area contributed by atoms with Gasteiger partial charge < -0.3 is 20.3 Å². The van der Waals surface area contributed by atoms with Crippen LogP contribution in [0.5, 0.6) is 0 Å². The van der Waals surface area contributed by atoms with E-state index in [1.54, 1.807) is 7.11 Å². The molecule has 1 aromatic rings. The quantitative estimate of drug-likeness (QED) is 0.241. The predicted octanol–water partition coefficient (Wildman–Crippen LogP) is 3.63. The molecule has 154 valence electrons. The first kappa shape index (κ1) is 24.2. The molecule has 5 nitrogen and oxygen atoms in total. The summed E-state index contributed by atoms with van der Waals surface area (Å²) in [7, 11) is 1.72. The molecule has 0 radical (unpaired) electrons. The largest absolute Gasteiger partial charge is 0.380 e. The van der Waals surface area contributed by atoms with Gasteiger partial charge in [0.05, 0.1) is 13.2 Å². The van der Waals surface area contributed by atoms with Gasteiger partial charge in [-0.3, -0.25) is 0 Å². The molecule has 0 unspecified atom stereocenters. The molecule has 1 aliphatic heterocycles. The zero-order chi connectivity index (χ0) is 18.6. The third kappa shape index (κ3) is 9.76. The highest BCUT2D eigenvalue weighted by molar-refractivity contribution is 14.0. The molecular weight excluding hydrogens is 451 g/mol. The minimum atomic E-state index is 0. The molecule has 1 fully saturated rings. The van der Waals surface area contributed by atoms with Crippen LogP contribution in [-0.2, 0) is 17.9 Å². The van der Waals surface area contributed by atoms with E-state index in [4.69, 9.17) is 9.73 Å². The van der Waals surface area contributed by atoms with Gasteiger partial charge in [0, 0.05) is 20.2 Å². The summed E-state index contributed by atoms with van der Waals surface area (Å²) in [6, 6.07) is 8.43. The lowest BCUT2D eigenvalue weighted by Gasteiger charge is -2.30. The van der Waals surface area contributed by atoms with E-state index in [1.165, 1.54) is 43.6 Å². The van der Waals surface area contributed by atoms with Crippen molar-refractivity contribution in [3.63, 3.8) is 0 Å². The van der Waals surface area contributed by atoms with Crippen LogP contribution in [0.15, 0.2) is 29.3 Å². The molecule has 0 aromatic heterocycles. The highest BCUT2D eigenvalue weighted by Crippen LogP contribution is 2.15. The molecule has 0 spiro atoms. The van der Waals surface area contributed by atoms with Gasteiger partial charge >= 0.3 is 0 Å². The fourth-order valence-electron chi connectivity index (χ4n) is 3.29. The molecule has 1 saturated heterocycles. The van der Waals surface area contributed by atoms with Crippen LogP contribution in [0.25, 0.3) is 0 Å². The Bertz CT molecular complexity index is 545. The van der Waals surface area contributed by atoms with Crippen LogP contribution in [0.2, 0.25) is 0 Å². The van der Waals surface area contributed by atoms with Gasteiger partial charge in [-0.2, -0.15) is 0 Å². The fourth-order valence-corrected chi connectivity index (χ4v) is 3.29. The van der Waals surface area contributed by atoms with Crippen molar-refractivity contribution in [2.24, 2.45) is 10.9 Å². The van der Waals surface area contributed by atoms with Crippen molar-refractivity contribution in [3.05, 3.63) is 35.4 Å². The summed E-state index contributed by atoms with van der Waals surface area (Å²) in [5.74, 6) is 1.80. The second-order valence-corrected chi connectivity index (χ2v) is 7.25. The summed E-state index contributed by atoms with van der Waals surface area (Å²) in [4.78, 5) is 7.31. The van der Waals surface area contributed by atoms with Gasteiger partial charge in [-0.25, -0.2) is 4.99 Å². The Morgan fingerprint density at radius 1 is 1.22 bits per heavy atom. The van der Waals surface area contributed by atoms with Gasteiger partial charge in [0.15, 0.2) is 5.96 Å². The standard InChI is InChI=1S/C21H36N4O.HI/c1-4-22-21(23-11-6-12-25-13-9-18(2)10-14-25)24-16-19-7-5-8-20(15-19)17-26-3;/h5,7-8,15,18H,4,6,9-14,16-17H2,1-3H3,(H2,22,23,24);1H. The molecule has 27 heavy (non-hydrogen) atoms. The van der Waals surface area contributed by atoms with Crippen LogP contribution < -0.4 is 10.6 Å². The average Bonchev–Trinajstić information content (AvgIpc) is 2.65. The number of likely N-dealkylation sites (tertiary alicyclic amines) is 1. The molecule has 2 N–H and O–H groups in total. The van der Waals surface area contributed by atoms with Crippen LogP contribution in [-0.4, -0.2) is 50.7 Å². The first-order valence-corrected chi connectivity index (χ1v) is 10.0. The Morgan fingerprint density at radius 3 is 2.67 bits per heavy atom. The van der Waals surface area contributed by atoms with Crippen molar-refractivity contribution in [1.82, 2.24) is 15.5 Å². The van der Waals surface area contributed by atoms with Gasteiger partial charge in [0.1, 0.15) is 0 Å². The molecule has 0 aliphatic carbocycles. The van der Waals surface area contributed by atoms with Crippen molar-refractivity contribution in [2.75, 3.05) is 39.8 Å². The SMILES string of the molecule is CCNC(=NCc1cccc(COC)c1)NCCCN1CCC(C)CC1.I. The lowest BCUT2D eigenvalue weighted by molar-refractivity contribution is 0.185. The van der Waals surface area contributed by atoms with E-state index >= 15 is 0 Å². The zero-order valence-corrected chi connectivity index (χ0v) is 19.5. The van der Waals surface area contributed by atoms with Gasteiger partial charge in [0.2, 0.25) is 0 Å². The molecule has 1 heterocycles. The number of nitrogens with one attached hydrogen (secondary N) is 2. The maximum absolute atomic E-state index is 5.20. The number of nitrogens with zero attached hydrogens (tertiary/aromatic N) is 2. The fraction of sp³-hybridized carbons (Fsp3) is 0.667. The predicted molar refractivity (Wildman–Crippen MR) is 125 cm³/mol. The first-order chi connectivity index (χ1) is 12.7. The highest BCUT2D eigenvalue weighted by atomic mass is 127. The monoisotopic (exact) mass is 488 g/mol. The molecule has 1 aliphatic rings. The van der Waals surface area contributed by atoms with Crippen molar-refractivity contribution in [2.45, 2.75) is 46.3 Å². The number of rotatable bonds is 9. The molecule has 1 aromatic carbocycles. The molecule has 0 bridgehead atoms. The van der Waals surface area contributed by atoms with Gasteiger partial charge in [-0.05, 0) is 62.9 Å². The van der Waals surface area contributed by atoms with E-state index in [0.717, 1.165) is 31.4 Å². The minimum Gasteiger partial charge on any atom is -0.380 e. The van der Waals surface area contributed by atoms with E-state index in [9.17, 15) is 0 Å². The second-order valence-electron chi connectivity index (χ2n) is 7.25. The molecule has 0 amide bonds. The Labute approximate surface area is 182 Å². The normalized spacial score (nSPS) is 16.0. The lowest BCUT2D eigenvalue weighted by Crippen LogP contribution is -2.39. The van der Waals surface area contributed by atoms with E-state index in [0.29, 0.717) is 13.2 Å². The maximum atomic E-state index is 5.20. The molecule has 0 saturated carbocycles. The molecule has 6 heteroatoms. The average molecular weight is 488 g/mol. The summed E-state index contributed by atoms with van der Waals surface area (Å²) in [5, 5.41) is 6.80. The van der Waals surface area contributed by atoms with Crippen LogP contribution in [0, 0.1) is 5.92 Å². The lowest BCUT2D eigenvalue weighted by atomic mass is 9.99. The van der Waals surface area contributed by atoms with Crippen LogP contribution in [0.3, 0.4) is 0 Å². The topological polar surface area (TPSA) is 48.9 Å². The number of methoxy groups -OCH3 is 1. The number of ether oxygens (including phenoxy) is 1. The van der Waals surface area contributed by atoms with Gasteiger partial charge in [0.25, 0.3) is 0 Å². The number of piperidine rings is 1. The number of halogens is 1. The van der Waals surface area contributed by atoms with Gasteiger partial charge in [-0.15, -0.1) is 24.0 Å². The van der Waals surface area contributed by atoms with Crippen molar-refractivity contribution < 1.29 is 4.74 Å². The van der Waals surface area contributed by atoms with E-state index in [2.05, 4.69) is 53.6 Å². The number of benzene rings is 1. The van der Waals surface area contributed by atoms with E-state index in [-0.39, 0.29) is 24.0 Å². The third-order valence-corrected chi connectivity index (χ3v) is 4.89. The van der Waals surface area contributed by atoms with Crippen molar-refractivity contribution >= 4 is 29.9 Å². The Kier molecular flexibility index (Phi) is 12.7. The first-order valence-electron chi connectivity index (χ1n) is 10.0. The van der Waals surface area contributed by atoms with Crippen LogP contribution in [0.4, 0.5) is 0 Å². The Morgan fingerprint density at radius 2 is 1.96 bits per heavy atom. The third-order valence-electron chi connectivity index (χ3n) is 4.89.